The van der Waals surface area contributed by atoms with Gasteiger partial charge in [-0.2, -0.15) is 0 Å². The molecule has 0 saturated heterocycles. The zero-order chi connectivity index (χ0) is 35.9. The van der Waals surface area contributed by atoms with E-state index in [2.05, 4.69) is 27.5 Å². The number of nitrogens with zero attached hydrogens (tertiary/aromatic N) is 1. The van der Waals surface area contributed by atoms with E-state index in [-0.39, 0.29) is 66.9 Å². The van der Waals surface area contributed by atoms with Crippen LogP contribution in [0.2, 0.25) is 10.0 Å². The first-order valence-electron chi connectivity index (χ1n) is 15.7. The van der Waals surface area contributed by atoms with Crippen LogP contribution in [0.15, 0.2) is 94.7 Å². The van der Waals surface area contributed by atoms with Crippen LogP contribution in [0.4, 0.5) is 21.0 Å². The zero-order valence-electron chi connectivity index (χ0n) is 27.6. The summed E-state index contributed by atoms with van der Waals surface area (Å²) >= 11 is 11.9. The number of sulfonamides is 2. The largest absolute Gasteiger partial charge is 0.399 e. The molecule has 2 aliphatic rings. The molecule has 0 unspecified atom stereocenters. The molecule has 18 heteroatoms. The number of carbonyl (C=O) groups excluding carboxylic acids is 2. The standard InChI is InChI=1S/C24H22Cl2N4O6S2.C10H14N2.2BrH/c25-19-5-1-3-7-21(19)37(33,34)28-23(31)27-18-10-9-16-11-13-30(14-12-17(16)15-18)24(32)29-38(35,36)22-8-4-2-6-20(22)26;11-10-2-1-8-3-5-12-6-4-9(8)7-10;;/h1-10,15H,11-14H2,(H,29,32)(H2,27,28,31);1-2,7,12H,3-6,11H2;2*1H. The first-order chi connectivity index (χ1) is 23.8. The van der Waals surface area contributed by atoms with E-state index in [1.54, 1.807) is 30.3 Å². The maximum absolute atomic E-state index is 12.7. The lowest BCUT2D eigenvalue weighted by Gasteiger charge is -2.20. The van der Waals surface area contributed by atoms with Gasteiger partial charge in [-0.1, -0.05) is 59.6 Å². The lowest BCUT2D eigenvalue weighted by Crippen LogP contribution is -2.44. The molecule has 6 rings (SSSR count). The van der Waals surface area contributed by atoms with Crippen LogP contribution in [-0.2, 0) is 45.7 Å². The number of amides is 4. The average molecular weight is 922 g/mol. The van der Waals surface area contributed by atoms with E-state index in [1.165, 1.54) is 52.4 Å². The molecule has 2 heterocycles. The van der Waals surface area contributed by atoms with Gasteiger partial charge in [-0.3, -0.25) is 0 Å². The Hall–Kier alpha value is -3.38. The third kappa shape index (κ3) is 11.3. The van der Waals surface area contributed by atoms with Crippen molar-refractivity contribution >= 4 is 101 Å². The number of urea groups is 2. The van der Waals surface area contributed by atoms with Crippen LogP contribution >= 0.6 is 57.2 Å². The van der Waals surface area contributed by atoms with Crippen LogP contribution in [0, 0.1) is 0 Å². The Labute approximate surface area is 334 Å². The Morgan fingerprint density at radius 1 is 0.654 bits per heavy atom. The minimum atomic E-state index is -4.19. The van der Waals surface area contributed by atoms with Gasteiger partial charge in [-0.25, -0.2) is 35.9 Å². The van der Waals surface area contributed by atoms with Gasteiger partial charge in [0.2, 0.25) is 0 Å². The highest BCUT2D eigenvalue weighted by molar-refractivity contribution is 8.93. The molecular weight excluding hydrogens is 883 g/mol. The Balaban J connectivity index is 0.000000439. The van der Waals surface area contributed by atoms with E-state index >= 15 is 0 Å². The normalized spacial score (nSPS) is 13.8. The van der Waals surface area contributed by atoms with Gasteiger partial charge >= 0.3 is 12.1 Å². The number of benzene rings is 4. The Kier molecular flexibility index (Phi) is 15.8. The lowest BCUT2D eigenvalue weighted by molar-refractivity contribution is 0.206. The van der Waals surface area contributed by atoms with Gasteiger partial charge in [-0.15, -0.1) is 34.0 Å². The SMILES string of the molecule is Br.Br.Nc1ccc2c(c1)CCNCC2.O=C(Nc1ccc2c(c1)CCN(C(=O)NS(=O)(=O)c1ccccc1Cl)CC2)NS(=O)(=O)c1ccccc1Cl. The van der Waals surface area contributed by atoms with Gasteiger partial charge < -0.3 is 21.3 Å². The number of nitrogens with two attached hydrogens (primary N) is 1. The number of hydrogen-bond donors (Lipinski definition) is 5. The minimum absolute atomic E-state index is 0. The summed E-state index contributed by atoms with van der Waals surface area (Å²) in [7, 11) is -8.35. The summed E-state index contributed by atoms with van der Waals surface area (Å²) in [6.07, 6.45) is 3.07. The lowest BCUT2D eigenvalue weighted by atomic mass is 10.0. The van der Waals surface area contributed by atoms with E-state index in [0.717, 1.165) is 42.7 Å². The molecule has 4 aromatic rings. The van der Waals surface area contributed by atoms with Crippen LogP contribution < -0.4 is 25.8 Å². The maximum Gasteiger partial charge on any atom is 0.333 e. The monoisotopic (exact) mass is 918 g/mol. The predicted octanol–water partition coefficient (Wildman–Crippen LogP) is 6.12. The first-order valence-corrected chi connectivity index (χ1v) is 19.4. The second-order valence-corrected chi connectivity index (χ2v) is 15.7. The van der Waals surface area contributed by atoms with Crippen molar-refractivity contribution in [1.29, 1.82) is 0 Å². The van der Waals surface area contributed by atoms with Gasteiger partial charge in [0, 0.05) is 24.5 Å². The summed E-state index contributed by atoms with van der Waals surface area (Å²) in [4.78, 5) is 26.1. The van der Waals surface area contributed by atoms with Gasteiger partial charge in [-0.05, 0) is 110 Å². The summed E-state index contributed by atoms with van der Waals surface area (Å²) in [5.41, 5.74) is 11.5. The van der Waals surface area contributed by atoms with Gasteiger partial charge in [0.25, 0.3) is 20.0 Å². The molecule has 0 atom stereocenters. The summed E-state index contributed by atoms with van der Waals surface area (Å²) in [6.45, 7) is 2.65. The second-order valence-electron chi connectivity index (χ2n) is 11.6. The molecular formula is C34H38Br2Cl2N6O6S2. The van der Waals surface area contributed by atoms with Crippen molar-refractivity contribution in [3.05, 3.63) is 117 Å². The fourth-order valence-electron chi connectivity index (χ4n) is 5.59. The molecule has 2 aliphatic heterocycles. The molecule has 0 fully saturated rings. The van der Waals surface area contributed by atoms with Crippen LogP contribution in [0.25, 0.3) is 0 Å². The Bertz CT molecular complexity index is 2130. The van der Waals surface area contributed by atoms with Crippen LogP contribution in [0.5, 0.6) is 0 Å². The molecule has 4 amide bonds. The number of anilines is 2. The minimum Gasteiger partial charge on any atom is -0.399 e. The molecule has 0 bridgehead atoms. The predicted molar refractivity (Wildman–Crippen MR) is 215 cm³/mol. The van der Waals surface area contributed by atoms with E-state index in [9.17, 15) is 26.4 Å². The van der Waals surface area contributed by atoms with Crippen LogP contribution in [0.1, 0.15) is 22.3 Å². The number of hydrogen-bond acceptors (Lipinski definition) is 8. The first kappa shape index (κ1) is 43.0. The molecule has 0 saturated carbocycles. The summed E-state index contributed by atoms with van der Waals surface area (Å²) < 4.78 is 54.2. The average Bonchev–Trinajstić information content (AvgIpc) is 3.43. The summed E-state index contributed by atoms with van der Waals surface area (Å²) in [6, 6.07) is 21.1. The fraction of sp³-hybridized carbons (Fsp3) is 0.235. The molecule has 52 heavy (non-hydrogen) atoms. The highest BCUT2D eigenvalue weighted by Crippen LogP contribution is 2.24. The van der Waals surface area contributed by atoms with E-state index in [0.29, 0.717) is 18.5 Å². The van der Waals surface area contributed by atoms with Crippen molar-refractivity contribution in [2.75, 3.05) is 37.2 Å². The van der Waals surface area contributed by atoms with Crippen molar-refractivity contribution in [2.24, 2.45) is 0 Å². The third-order valence-electron chi connectivity index (χ3n) is 8.13. The van der Waals surface area contributed by atoms with E-state index in [4.69, 9.17) is 28.9 Å². The third-order valence-corrected chi connectivity index (χ3v) is 11.8. The second kappa shape index (κ2) is 19.1. The number of nitrogen functional groups attached to an aromatic ring is 1. The molecule has 0 aliphatic carbocycles. The number of fused-ring (bicyclic) bond motifs is 2. The molecule has 0 aromatic heterocycles. The van der Waals surface area contributed by atoms with Gasteiger partial charge in [0.15, 0.2) is 0 Å². The maximum atomic E-state index is 12.7. The van der Waals surface area contributed by atoms with Gasteiger partial charge in [0.05, 0.1) is 10.0 Å². The molecule has 4 aromatic carbocycles. The van der Waals surface area contributed by atoms with Crippen molar-refractivity contribution < 1.29 is 26.4 Å². The Morgan fingerprint density at radius 3 is 1.77 bits per heavy atom. The number of halogens is 4. The van der Waals surface area contributed by atoms with Crippen LogP contribution in [-0.4, -0.2) is 60.0 Å². The Morgan fingerprint density at radius 2 is 1.15 bits per heavy atom. The number of nitrogens with one attached hydrogen (secondary N) is 4. The summed E-state index contributed by atoms with van der Waals surface area (Å²) in [5.74, 6) is 0. The smallest absolute Gasteiger partial charge is 0.333 e. The van der Waals surface area contributed by atoms with Crippen molar-refractivity contribution in [2.45, 2.75) is 35.5 Å². The molecule has 0 spiro atoms. The molecule has 280 valence electrons. The quantitative estimate of drug-likeness (QED) is 0.149. The molecule has 12 nitrogen and oxygen atoms in total. The number of rotatable bonds is 5. The van der Waals surface area contributed by atoms with Crippen molar-refractivity contribution in [3.8, 4) is 0 Å². The van der Waals surface area contributed by atoms with Crippen molar-refractivity contribution in [3.63, 3.8) is 0 Å². The van der Waals surface area contributed by atoms with E-state index < -0.39 is 32.1 Å². The van der Waals surface area contributed by atoms with Gasteiger partial charge in [0.1, 0.15) is 9.79 Å². The fourth-order valence-corrected chi connectivity index (χ4v) is 8.51. The molecule has 0 radical (unpaired) electrons. The van der Waals surface area contributed by atoms with E-state index in [1.807, 2.05) is 10.8 Å². The highest BCUT2D eigenvalue weighted by atomic mass is 79.9. The zero-order valence-corrected chi connectivity index (χ0v) is 34.2. The topological polar surface area (TPSA) is 180 Å². The van der Waals surface area contributed by atoms with Crippen molar-refractivity contribution in [1.82, 2.24) is 19.7 Å². The number of carbonyl (C=O) groups is 2. The molecule has 6 N–H and O–H groups in total. The van der Waals surface area contributed by atoms with Crippen LogP contribution in [0.3, 0.4) is 0 Å². The highest BCUT2D eigenvalue weighted by Gasteiger charge is 2.26. The summed E-state index contributed by atoms with van der Waals surface area (Å²) in [5, 5.41) is 5.84.